The molecular formula is C14H17F2N3O2. The molecule has 1 aromatic heterocycles. The number of hydrogen-bond acceptors (Lipinski definition) is 4. The minimum atomic E-state index is -2.87. The van der Waals surface area contributed by atoms with E-state index in [-0.39, 0.29) is 11.5 Å². The maximum atomic E-state index is 12.3. The topological polar surface area (TPSA) is 59.2 Å². The second-order valence-electron chi connectivity index (χ2n) is 4.33. The Morgan fingerprint density at radius 3 is 2.86 bits per heavy atom. The van der Waals surface area contributed by atoms with Gasteiger partial charge in [-0.05, 0) is 17.7 Å². The fourth-order valence-corrected chi connectivity index (χ4v) is 1.89. The zero-order valence-corrected chi connectivity index (χ0v) is 11.6. The number of rotatable bonds is 8. The number of imidazole rings is 1. The maximum absolute atomic E-state index is 12.3. The van der Waals surface area contributed by atoms with E-state index >= 15 is 0 Å². The first-order valence-electron chi connectivity index (χ1n) is 6.49. The highest BCUT2D eigenvalue weighted by Crippen LogP contribution is 2.29. The summed E-state index contributed by atoms with van der Waals surface area (Å²) in [5.41, 5.74) is 0.839. The van der Waals surface area contributed by atoms with Gasteiger partial charge >= 0.3 is 6.61 Å². The molecule has 0 atom stereocenters. The van der Waals surface area contributed by atoms with Crippen molar-refractivity contribution in [3.63, 3.8) is 0 Å². The molecule has 0 unspecified atom stereocenters. The summed E-state index contributed by atoms with van der Waals surface area (Å²) in [6.45, 7) is -1.60. The van der Waals surface area contributed by atoms with Gasteiger partial charge in [-0.25, -0.2) is 4.98 Å². The number of nitrogens with one attached hydrogen (secondary N) is 2. The number of alkyl halides is 2. The zero-order chi connectivity index (χ0) is 15.1. The number of aromatic amines is 1. The van der Waals surface area contributed by atoms with E-state index in [0.717, 1.165) is 24.4 Å². The highest BCUT2D eigenvalue weighted by Gasteiger charge is 2.11. The van der Waals surface area contributed by atoms with Gasteiger partial charge in [0, 0.05) is 31.9 Å². The quantitative estimate of drug-likeness (QED) is 0.734. The number of ether oxygens (including phenoxy) is 2. The van der Waals surface area contributed by atoms with Gasteiger partial charge in [-0.3, -0.25) is 0 Å². The molecule has 0 saturated heterocycles. The van der Waals surface area contributed by atoms with Crippen LogP contribution in [-0.4, -0.2) is 30.2 Å². The fourth-order valence-electron chi connectivity index (χ4n) is 1.89. The molecule has 114 valence electrons. The SMILES string of the molecule is COc1ccc(CNCCc2ncc[nH]2)cc1OC(F)F. The highest BCUT2D eigenvalue weighted by molar-refractivity contribution is 5.42. The van der Waals surface area contributed by atoms with Crippen LogP contribution >= 0.6 is 0 Å². The first-order valence-corrected chi connectivity index (χ1v) is 6.49. The van der Waals surface area contributed by atoms with Crippen LogP contribution in [0.5, 0.6) is 11.5 Å². The van der Waals surface area contributed by atoms with Crippen LogP contribution in [0.25, 0.3) is 0 Å². The molecule has 0 aliphatic heterocycles. The fraction of sp³-hybridized carbons (Fsp3) is 0.357. The molecule has 21 heavy (non-hydrogen) atoms. The number of halogens is 2. The second kappa shape index (κ2) is 7.58. The number of nitrogens with zero attached hydrogens (tertiary/aromatic N) is 1. The molecule has 0 spiro atoms. The normalized spacial score (nSPS) is 10.9. The summed E-state index contributed by atoms with van der Waals surface area (Å²) in [7, 11) is 1.41. The van der Waals surface area contributed by atoms with Crippen LogP contribution in [0.3, 0.4) is 0 Å². The number of aromatic nitrogens is 2. The predicted molar refractivity (Wildman–Crippen MR) is 73.6 cm³/mol. The molecule has 2 rings (SSSR count). The molecule has 0 aliphatic carbocycles. The Morgan fingerprint density at radius 2 is 2.19 bits per heavy atom. The molecule has 0 radical (unpaired) electrons. The third-order valence-electron chi connectivity index (χ3n) is 2.87. The van der Waals surface area contributed by atoms with E-state index in [4.69, 9.17) is 4.74 Å². The van der Waals surface area contributed by atoms with Gasteiger partial charge in [0.1, 0.15) is 5.82 Å². The van der Waals surface area contributed by atoms with Gasteiger partial charge in [-0.2, -0.15) is 8.78 Å². The van der Waals surface area contributed by atoms with Crippen molar-refractivity contribution in [2.24, 2.45) is 0 Å². The monoisotopic (exact) mass is 297 g/mol. The average Bonchev–Trinajstić information content (AvgIpc) is 2.96. The lowest BCUT2D eigenvalue weighted by atomic mass is 10.2. The molecule has 0 fully saturated rings. The first-order chi connectivity index (χ1) is 10.2. The zero-order valence-electron chi connectivity index (χ0n) is 11.6. The number of H-pyrrole nitrogens is 1. The average molecular weight is 297 g/mol. The van der Waals surface area contributed by atoms with Crippen molar-refractivity contribution in [1.82, 2.24) is 15.3 Å². The van der Waals surface area contributed by atoms with Crippen molar-refractivity contribution >= 4 is 0 Å². The van der Waals surface area contributed by atoms with Crippen molar-refractivity contribution < 1.29 is 18.3 Å². The van der Waals surface area contributed by atoms with E-state index < -0.39 is 6.61 Å². The van der Waals surface area contributed by atoms with Crippen molar-refractivity contribution in [3.05, 3.63) is 42.0 Å². The molecule has 1 heterocycles. The Kier molecular flexibility index (Phi) is 5.51. The van der Waals surface area contributed by atoms with Gasteiger partial charge in [0.05, 0.1) is 7.11 Å². The van der Waals surface area contributed by atoms with Gasteiger partial charge < -0.3 is 19.8 Å². The van der Waals surface area contributed by atoms with Gasteiger partial charge in [0.15, 0.2) is 11.5 Å². The van der Waals surface area contributed by atoms with E-state index in [1.54, 1.807) is 30.6 Å². The summed E-state index contributed by atoms with van der Waals surface area (Å²) in [5.74, 6) is 1.23. The summed E-state index contributed by atoms with van der Waals surface area (Å²) < 4.78 is 34.1. The summed E-state index contributed by atoms with van der Waals surface area (Å²) in [5, 5.41) is 3.21. The van der Waals surface area contributed by atoms with Crippen LogP contribution in [0.4, 0.5) is 8.78 Å². The van der Waals surface area contributed by atoms with E-state index in [2.05, 4.69) is 20.0 Å². The standard InChI is InChI=1S/C14H17F2N3O2/c1-20-11-3-2-10(8-12(11)21-14(15)16)9-17-5-4-13-18-6-7-19-13/h2-3,6-8,14,17H,4-5,9H2,1H3,(H,18,19). The molecular weight excluding hydrogens is 280 g/mol. The number of methoxy groups -OCH3 is 1. The minimum absolute atomic E-state index is 0.0397. The molecule has 2 N–H and O–H groups in total. The molecule has 7 heteroatoms. The molecule has 1 aromatic carbocycles. The van der Waals surface area contributed by atoms with Crippen molar-refractivity contribution in [2.75, 3.05) is 13.7 Å². The van der Waals surface area contributed by atoms with Crippen LogP contribution in [0.1, 0.15) is 11.4 Å². The number of hydrogen-bond donors (Lipinski definition) is 2. The van der Waals surface area contributed by atoms with Crippen LogP contribution in [0.15, 0.2) is 30.6 Å². The van der Waals surface area contributed by atoms with Crippen LogP contribution in [-0.2, 0) is 13.0 Å². The van der Waals surface area contributed by atoms with E-state index in [1.807, 2.05) is 0 Å². The van der Waals surface area contributed by atoms with Crippen molar-refractivity contribution in [1.29, 1.82) is 0 Å². The van der Waals surface area contributed by atoms with Gasteiger partial charge in [-0.1, -0.05) is 6.07 Å². The lowest BCUT2D eigenvalue weighted by Gasteiger charge is -2.12. The second-order valence-corrected chi connectivity index (χ2v) is 4.33. The van der Waals surface area contributed by atoms with Crippen molar-refractivity contribution in [3.8, 4) is 11.5 Å². The summed E-state index contributed by atoms with van der Waals surface area (Å²) >= 11 is 0. The van der Waals surface area contributed by atoms with Crippen LogP contribution < -0.4 is 14.8 Å². The predicted octanol–water partition coefficient (Wildman–Crippen LogP) is 2.35. The lowest BCUT2D eigenvalue weighted by molar-refractivity contribution is -0.0512. The summed E-state index contributed by atoms with van der Waals surface area (Å²) in [6, 6.07) is 4.96. The molecule has 0 aliphatic rings. The van der Waals surface area contributed by atoms with Gasteiger partial charge in [-0.15, -0.1) is 0 Å². The highest BCUT2D eigenvalue weighted by atomic mass is 19.3. The Hall–Kier alpha value is -2.15. The molecule has 0 saturated carbocycles. The minimum Gasteiger partial charge on any atom is -0.493 e. The largest absolute Gasteiger partial charge is 0.493 e. The Bertz CT molecular complexity index is 547. The van der Waals surface area contributed by atoms with Gasteiger partial charge in [0.2, 0.25) is 0 Å². The summed E-state index contributed by atoms with van der Waals surface area (Å²) in [4.78, 5) is 7.13. The third kappa shape index (κ3) is 4.71. The van der Waals surface area contributed by atoms with E-state index in [1.165, 1.54) is 7.11 Å². The van der Waals surface area contributed by atoms with Gasteiger partial charge in [0.25, 0.3) is 0 Å². The van der Waals surface area contributed by atoms with E-state index in [0.29, 0.717) is 6.54 Å². The Morgan fingerprint density at radius 1 is 1.33 bits per heavy atom. The molecule has 0 amide bonds. The Labute approximate surface area is 121 Å². The van der Waals surface area contributed by atoms with Crippen LogP contribution in [0, 0.1) is 0 Å². The first kappa shape index (κ1) is 15.2. The molecule has 0 bridgehead atoms. The van der Waals surface area contributed by atoms with Crippen LogP contribution in [0.2, 0.25) is 0 Å². The smallest absolute Gasteiger partial charge is 0.387 e. The Balaban J connectivity index is 1.87. The van der Waals surface area contributed by atoms with E-state index in [9.17, 15) is 8.78 Å². The lowest BCUT2D eigenvalue weighted by Crippen LogP contribution is -2.17. The molecule has 5 nitrogen and oxygen atoms in total. The summed E-state index contributed by atoms with van der Waals surface area (Å²) in [6.07, 6.45) is 4.24. The van der Waals surface area contributed by atoms with Crippen molar-refractivity contribution in [2.45, 2.75) is 19.6 Å². The number of benzene rings is 1. The molecule has 2 aromatic rings. The third-order valence-corrected chi connectivity index (χ3v) is 2.87. The maximum Gasteiger partial charge on any atom is 0.387 e.